The number of aryl methyl sites for hydroxylation is 2. The van der Waals surface area contributed by atoms with E-state index in [-0.39, 0.29) is 0 Å². The Hall–Kier alpha value is -1.49. The van der Waals surface area contributed by atoms with Gasteiger partial charge >= 0.3 is 0 Å². The van der Waals surface area contributed by atoms with Crippen LogP contribution in [0.15, 0.2) is 15.5 Å². The van der Waals surface area contributed by atoms with Crippen LogP contribution in [0.4, 0.5) is 0 Å². The van der Waals surface area contributed by atoms with Crippen molar-refractivity contribution < 1.29 is 4.42 Å². The molecule has 22 heavy (non-hydrogen) atoms. The van der Waals surface area contributed by atoms with Gasteiger partial charge in [0, 0.05) is 24.7 Å². The Bertz CT molecular complexity index is 495. The lowest BCUT2D eigenvalue weighted by Gasteiger charge is -2.23. The predicted molar refractivity (Wildman–Crippen MR) is 91.3 cm³/mol. The lowest BCUT2D eigenvalue weighted by atomic mass is 10.2. The first-order valence-corrected chi connectivity index (χ1v) is 8.46. The Morgan fingerprint density at radius 1 is 1.36 bits per heavy atom. The zero-order chi connectivity index (χ0) is 15.9. The summed E-state index contributed by atoms with van der Waals surface area (Å²) < 4.78 is 5.56. The number of guanidine groups is 1. The van der Waals surface area contributed by atoms with Crippen molar-refractivity contribution >= 4 is 5.96 Å². The zero-order valence-electron chi connectivity index (χ0n) is 14.4. The van der Waals surface area contributed by atoms with Gasteiger partial charge in [-0.1, -0.05) is 6.92 Å². The first-order valence-electron chi connectivity index (χ1n) is 8.46. The minimum Gasteiger partial charge on any atom is -0.466 e. The maximum Gasteiger partial charge on any atom is 0.191 e. The molecule has 1 aliphatic heterocycles. The number of nitrogens with zero attached hydrogens (tertiary/aromatic N) is 2. The number of likely N-dealkylation sites (N-methyl/N-ethyl adjacent to an activating group) is 1. The van der Waals surface area contributed by atoms with Gasteiger partial charge in [0.15, 0.2) is 5.96 Å². The smallest absolute Gasteiger partial charge is 0.191 e. The molecule has 2 heterocycles. The number of hydrogen-bond donors (Lipinski definition) is 2. The number of nitrogens with one attached hydrogen (secondary N) is 2. The van der Waals surface area contributed by atoms with E-state index in [9.17, 15) is 0 Å². The van der Waals surface area contributed by atoms with Crippen LogP contribution in [-0.2, 0) is 6.54 Å². The molecule has 2 rings (SSSR count). The molecule has 1 fully saturated rings. The van der Waals surface area contributed by atoms with Crippen LogP contribution >= 0.6 is 0 Å². The van der Waals surface area contributed by atoms with Crippen LogP contribution in [0, 0.1) is 13.8 Å². The van der Waals surface area contributed by atoms with Crippen LogP contribution < -0.4 is 10.6 Å². The van der Waals surface area contributed by atoms with Crippen LogP contribution in [0.2, 0.25) is 0 Å². The Kier molecular flexibility index (Phi) is 6.31. The fourth-order valence-electron chi connectivity index (χ4n) is 3.10. The van der Waals surface area contributed by atoms with E-state index in [4.69, 9.17) is 4.42 Å². The van der Waals surface area contributed by atoms with E-state index in [2.05, 4.69) is 40.4 Å². The fraction of sp³-hybridized carbons (Fsp3) is 0.706. The van der Waals surface area contributed by atoms with Crippen molar-refractivity contribution in [3.05, 3.63) is 23.2 Å². The normalized spacial score (nSPS) is 19.6. The molecule has 0 saturated carbocycles. The van der Waals surface area contributed by atoms with E-state index in [1.807, 2.05) is 13.8 Å². The molecule has 5 heteroatoms. The van der Waals surface area contributed by atoms with Crippen LogP contribution in [-0.4, -0.2) is 43.1 Å². The second-order valence-corrected chi connectivity index (χ2v) is 5.94. The largest absolute Gasteiger partial charge is 0.466 e. The van der Waals surface area contributed by atoms with Crippen LogP contribution in [0.1, 0.15) is 43.8 Å². The van der Waals surface area contributed by atoms with E-state index < -0.39 is 0 Å². The summed E-state index contributed by atoms with van der Waals surface area (Å²) >= 11 is 0. The number of rotatable bonds is 6. The number of hydrogen-bond acceptors (Lipinski definition) is 3. The first-order chi connectivity index (χ1) is 10.6. The average molecular weight is 306 g/mol. The topological polar surface area (TPSA) is 52.8 Å². The molecule has 2 N–H and O–H groups in total. The van der Waals surface area contributed by atoms with Gasteiger partial charge < -0.3 is 15.1 Å². The molecular formula is C17H30N4O. The summed E-state index contributed by atoms with van der Waals surface area (Å²) in [6, 6.07) is 2.70. The van der Waals surface area contributed by atoms with Crippen molar-refractivity contribution in [1.29, 1.82) is 0 Å². The van der Waals surface area contributed by atoms with E-state index in [1.165, 1.54) is 19.4 Å². The quantitative estimate of drug-likeness (QED) is 0.626. The highest BCUT2D eigenvalue weighted by molar-refractivity contribution is 5.79. The highest BCUT2D eigenvalue weighted by atomic mass is 16.3. The Labute approximate surface area is 134 Å². The fourth-order valence-corrected chi connectivity index (χ4v) is 3.10. The second kappa shape index (κ2) is 8.22. The van der Waals surface area contributed by atoms with Gasteiger partial charge in [0.2, 0.25) is 0 Å². The molecule has 1 saturated heterocycles. The molecule has 1 unspecified atom stereocenters. The summed E-state index contributed by atoms with van der Waals surface area (Å²) in [5.74, 6) is 2.80. The molecule has 0 amide bonds. The summed E-state index contributed by atoms with van der Waals surface area (Å²) in [7, 11) is 0. The molecule has 1 aromatic heterocycles. The minimum atomic E-state index is 0.631. The lowest BCUT2D eigenvalue weighted by molar-refractivity contribution is 0.267. The maximum atomic E-state index is 5.56. The molecular weight excluding hydrogens is 276 g/mol. The lowest BCUT2D eigenvalue weighted by Crippen LogP contribution is -2.44. The van der Waals surface area contributed by atoms with Crippen LogP contribution in [0.3, 0.4) is 0 Å². The summed E-state index contributed by atoms with van der Waals surface area (Å²) in [6.07, 6.45) is 2.58. The summed E-state index contributed by atoms with van der Waals surface area (Å²) in [5.41, 5.74) is 1.16. The summed E-state index contributed by atoms with van der Waals surface area (Å²) in [4.78, 5) is 7.23. The summed E-state index contributed by atoms with van der Waals surface area (Å²) in [6.45, 7) is 13.2. The third kappa shape index (κ3) is 4.50. The molecule has 1 aliphatic rings. The molecule has 1 aromatic rings. The van der Waals surface area contributed by atoms with Gasteiger partial charge in [-0.25, -0.2) is 4.99 Å². The second-order valence-electron chi connectivity index (χ2n) is 5.94. The maximum absolute atomic E-state index is 5.56. The molecule has 0 spiro atoms. The molecule has 1 atom stereocenters. The van der Waals surface area contributed by atoms with Crippen molar-refractivity contribution in [2.45, 2.75) is 53.1 Å². The van der Waals surface area contributed by atoms with Crippen molar-refractivity contribution in [2.24, 2.45) is 4.99 Å². The van der Waals surface area contributed by atoms with Crippen molar-refractivity contribution in [3.8, 4) is 0 Å². The molecule has 0 aromatic carbocycles. The number of likely N-dealkylation sites (tertiary alicyclic amines) is 1. The van der Waals surface area contributed by atoms with Gasteiger partial charge in [-0.2, -0.15) is 0 Å². The molecule has 0 aliphatic carbocycles. The Morgan fingerprint density at radius 2 is 2.18 bits per heavy atom. The SMILES string of the molecule is CCNC(=NCc1cc(C)oc1C)NCC1CCCN1CC. The average Bonchev–Trinajstić information content (AvgIpc) is 3.07. The third-order valence-electron chi connectivity index (χ3n) is 4.31. The van der Waals surface area contributed by atoms with E-state index >= 15 is 0 Å². The van der Waals surface area contributed by atoms with Crippen molar-refractivity contribution in [1.82, 2.24) is 15.5 Å². The number of aliphatic imine (C=N–C) groups is 1. The van der Waals surface area contributed by atoms with Gasteiger partial charge in [-0.3, -0.25) is 4.90 Å². The highest BCUT2D eigenvalue weighted by Gasteiger charge is 2.22. The van der Waals surface area contributed by atoms with Crippen molar-refractivity contribution in [2.75, 3.05) is 26.2 Å². The van der Waals surface area contributed by atoms with Crippen LogP contribution in [0.25, 0.3) is 0 Å². The van der Waals surface area contributed by atoms with Gasteiger partial charge in [-0.05, 0) is 52.8 Å². The van der Waals surface area contributed by atoms with Gasteiger partial charge in [0.05, 0.1) is 6.54 Å². The number of furan rings is 1. The molecule has 124 valence electrons. The Balaban J connectivity index is 1.91. The molecule has 0 bridgehead atoms. The monoisotopic (exact) mass is 306 g/mol. The highest BCUT2D eigenvalue weighted by Crippen LogP contribution is 2.16. The van der Waals surface area contributed by atoms with Gasteiger partial charge in [0.25, 0.3) is 0 Å². The van der Waals surface area contributed by atoms with E-state index in [0.717, 1.165) is 42.7 Å². The van der Waals surface area contributed by atoms with Crippen molar-refractivity contribution in [3.63, 3.8) is 0 Å². The van der Waals surface area contributed by atoms with E-state index in [1.54, 1.807) is 0 Å². The Morgan fingerprint density at radius 3 is 2.82 bits per heavy atom. The third-order valence-corrected chi connectivity index (χ3v) is 4.31. The van der Waals surface area contributed by atoms with Gasteiger partial charge in [-0.15, -0.1) is 0 Å². The molecule has 5 nitrogen and oxygen atoms in total. The predicted octanol–water partition coefficient (Wildman–Crippen LogP) is 2.44. The standard InChI is InChI=1S/C17H30N4O/c1-5-18-17(19-11-15-10-13(3)22-14(15)4)20-12-16-8-7-9-21(16)6-2/h10,16H,5-9,11-12H2,1-4H3,(H2,18,19,20). The first kappa shape index (κ1) is 16.9. The summed E-state index contributed by atoms with van der Waals surface area (Å²) in [5, 5.41) is 6.82. The minimum absolute atomic E-state index is 0.631. The van der Waals surface area contributed by atoms with E-state index in [0.29, 0.717) is 12.6 Å². The zero-order valence-corrected chi connectivity index (χ0v) is 14.4. The van der Waals surface area contributed by atoms with Crippen LogP contribution in [0.5, 0.6) is 0 Å². The van der Waals surface area contributed by atoms with Gasteiger partial charge in [0.1, 0.15) is 11.5 Å². The molecule has 0 radical (unpaired) electrons.